The molecule has 1 rings (SSSR count). The van der Waals surface area contributed by atoms with E-state index >= 15 is 0 Å². The molecular formula is C12H21N3O5. The van der Waals surface area contributed by atoms with Crippen LogP contribution in [0.25, 0.3) is 0 Å². The average molecular weight is 287 g/mol. The third-order valence-electron chi connectivity index (χ3n) is 3.11. The van der Waals surface area contributed by atoms with Gasteiger partial charge in [-0.1, -0.05) is 6.92 Å². The van der Waals surface area contributed by atoms with Crippen LogP contribution in [0, 0.1) is 0 Å². The van der Waals surface area contributed by atoms with Gasteiger partial charge >= 0.3 is 12.0 Å². The molecule has 0 radical (unpaired) electrons. The molecule has 1 aliphatic rings. The van der Waals surface area contributed by atoms with Gasteiger partial charge in [0, 0.05) is 19.5 Å². The van der Waals surface area contributed by atoms with E-state index in [0.717, 1.165) is 11.3 Å². The first kappa shape index (κ1) is 16.2. The van der Waals surface area contributed by atoms with Gasteiger partial charge in [0.05, 0.1) is 6.10 Å². The number of carbonyl (C=O) groups excluding carboxylic acids is 2. The van der Waals surface area contributed by atoms with Crippen molar-refractivity contribution in [3.8, 4) is 0 Å². The molecule has 114 valence electrons. The zero-order chi connectivity index (χ0) is 15.3. The quantitative estimate of drug-likeness (QED) is 0.524. The Morgan fingerprint density at radius 3 is 2.60 bits per heavy atom. The molecular weight excluding hydrogens is 266 g/mol. The molecule has 0 aromatic carbocycles. The number of nitrogens with one attached hydrogen (secondary N) is 2. The van der Waals surface area contributed by atoms with Crippen molar-refractivity contribution >= 4 is 17.9 Å². The van der Waals surface area contributed by atoms with Crippen LogP contribution >= 0.6 is 0 Å². The van der Waals surface area contributed by atoms with E-state index in [4.69, 9.17) is 5.11 Å². The number of urea groups is 1. The van der Waals surface area contributed by atoms with Gasteiger partial charge in [-0.3, -0.25) is 4.79 Å². The van der Waals surface area contributed by atoms with Crippen LogP contribution in [0.2, 0.25) is 0 Å². The summed E-state index contributed by atoms with van der Waals surface area (Å²) in [6.07, 6.45) is -0.0728. The summed E-state index contributed by atoms with van der Waals surface area (Å²) in [5, 5.41) is 23.5. The van der Waals surface area contributed by atoms with Crippen LogP contribution in [0.15, 0.2) is 0 Å². The van der Waals surface area contributed by atoms with Crippen LogP contribution in [0.4, 0.5) is 4.79 Å². The summed E-state index contributed by atoms with van der Waals surface area (Å²) in [4.78, 5) is 35.6. The van der Waals surface area contributed by atoms with E-state index < -0.39 is 30.2 Å². The molecule has 3 atom stereocenters. The lowest BCUT2D eigenvalue weighted by atomic mass is 10.2. The highest BCUT2D eigenvalue weighted by molar-refractivity contribution is 5.88. The van der Waals surface area contributed by atoms with Crippen molar-refractivity contribution in [2.24, 2.45) is 0 Å². The number of β-amino-alcohol motifs (C(OH)–C–C–N with tert-alkyl or cyclic N) is 1. The number of aliphatic hydroxyl groups excluding tert-OH is 1. The molecule has 0 aromatic rings. The smallest absolute Gasteiger partial charge is 0.326 e. The van der Waals surface area contributed by atoms with Crippen LogP contribution in [-0.2, 0) is 9.59 Å². The maximum Gasteiger partial charge on any atom is 0.326 e. The fourth-order valence-electron chi connectivity index (χ4n) is 2.01. The maximum absolute atomic E-state index is 12.0. The number of likely N-dealkylation sites (tertiary alicyclic amines) is 1. The molecule has 8 heteroatoms. The summed E-state index contributed by atoms with van der Waals surface area (Å²) >= 11 is 0. The summed E-state index contributed by atoms with van der Waals surface area (Å²) in [6.45, 7) is 3.89. The summed E-state index contributed by atoms with van der Waals surface area (Å²) in [5.41, 5.74) is 0. The van der Waals surface area contributed by atoms with Gasteiger partial charge in [-0.2, -0.15) is 0 Å². The Morgan fingerprint density at radius 2 is 2.05 bits per heavy atom. The topological polar surface area (TPSA) is 119 Å². The first-order chi connectivity index (χ1) is 9.36. The highest BCUT2D eigenvalue weighted by Crippen LogP contribution is 2.18. The molecule has 0 aliphatic carbocycles. The Kier molecular flexibility index (Phi) is 5.75. The van der Waals surface area contributed by atoms with Crippen molar-refractivity contribution in [1.29, 1.82) is 0 Å². The number of carboxylic acids is 1. The molecule has 1 fully saturated rings. The Morgan fingerprint density at radius 1 is 1.40 bits per heavy atom. The second-order valence-corrected chi connectivity index (χ2v) is 4.86. The van der Waals surface area contributed by atoms with E-state index in [2.05, 4.69) is 10.6 Å². The number of aliphatic carboxylic acids is 1. The normalized spacial score (nSPS) is 23.2. The molecule has 0 aromatic heterocycles. The molecule has 4 N–H and O–H groups in total. The van der Waals surface area contributed by atoms with E-state index in [9.17, 15) is 19.5 Å². The van der Waals surface area contributed by atoms with Gasteiger partial charge in [-0.05, 0) is 13.3 Å². The van der Waals surface area contributed by atoms with Crippen molar-refractivity contribution in [1.82, 2.24) is 15.5 Å². The predicted octanol–water partition coefficient (Wildman–Crippen LogP) is -0.869. The number of hydrogen-bond donors (Lipinski definition) is 4. The predicted molar refractivity (Wildman–Crippen MR) is 70.0 cm³/mol. The standard InChI is InChI=1S/C12H21N3O5/c1-3-4-13-10(17)7(2)14-12(20)15-6-8(16)5-9(15)11(18)19/h7-9,16H,3-6H2,1-2H3,(H,13,17)(H,14,20)(H,18,19)/t7?,8-,9-/m0/s1. The van der Waals surface area contributed by atoms with Gasteiger partial charge in [-0.25, -0.2) is 9.59 Å². The molecule has 0 saturated carbocycles. The lowest BCUT2D eigenvalue weighted by molar-refractivity contribution is -0.141. The van der Waals surface area contributed by atoms with Crippen LogP contribution in [0.3, 0.4) is 0 Å². The molecule has 8 nitrogen and oxygen atoms in total. The molecule has 20 heavy (non-hydrogen) atoms. The van der Waals surface area contributed by atoms with Crippen molar-refractivity contribution in [2.45, 2.75) is 44.9 Å². The van der Waals surface area contributed by atoms with E-state index in [0.29, 0.717) is 6.54 Å². The molecule has 3 amide bonds. The number of amides is 3. The Balaban J connectivity index is 2.57. The summed E-state index contributed by atoms with van der Waals surface area (Å²) < 4.78 is 0. The van der Waals surface area contributed by atoms with Crippen molar-refractivity contribution < 1.29 is 24.6 Å². The molecule has 1 unspecified atom stereocenters. The summed E-state index contributed by atoms with van der Waals surface area (Å²) in [7, 11) is 0. The number of aliphatic hydroxyl groups is 1. The number of carboxylic acid groups (broad SMARTS) is 1. The van der Waals surface area contributed by atoms with Gasteiger partial charge in [0.15, 0.2) is 0 Å². The summed E-state index contributed by atoms with van der Waals surface area (Å²) in [5.74, 6) is -1.49. The Bertz CT molecular complexity index is 387. The third-order valence-corrected chi connectivity index (χ3v) is 3.11. The zero-order valence-electron chi connectivity index (χ0n) is 11.6. The number of hydrogen-bond acceptors (Lipinski definition) is 4. The van der Waals surface area contributed by atoms with Crippen molar-refractivity contribution in [2.75, 3.05) is 13.1 Å². The molecule has 1 aliphatic heterocycles. The van der Waals surface area contributed by atoms with Gasteiger partial charge in [-0.15, -0.1) is 0 Å². The van der Waals surface area contributed by atoms with E-state index in [1.807, 2.05) is 6.92 Å². The summed E-state index contributed by atoms with van der Waals surface area (Å²) in [6, 6.07) is -2.48. The average Bonchev–Trinajstić information content (AvgIpc) is 2.78. The van der Waals surface area contributed by atoms with Gasteiger partial charge in [0.1, 0.15) is 12.1 Å². The molecule has 1 heterocycles. The number of carbonyl (C=O) groups is 3. The monoisotopic (exact) mass is 287 g/mol. The van der Waals surface area contributed by atoms with E-state index in [1.165, 1.54) is 6.92 Å². The van der Waals surface area contributed by atoms with Crippen LogP contribution in [0.5, 0.6) is 0 Å². The fourth-order valence-corrected chi connectivity index (χ4v) is 2.01. The lowest BCUT2D eigenvalue weighted by Gasteiger charge is -2.23. The van der Waals surface area contributed by atoms with Gasteiger partial charge < -0.3 is 25.7 Å². The van der Waals surface area contributed by atoms with Crippen molar-refractivity contribution in [3.05, 3.63) is 0 Å². The first-order valence-corrected chi connectivity index (χ1v) is 6.62. The SMILES string of the molecule is CCCNC(=O)C(C)NC(=O)N1C[C@@H](O)C[C@H]1C(=O)O. The van der Waals surface area contributed by atoms with Gasteiger partial charge in [0.25, 0.3) is 0 Å². The van der Waals surface area contributed by atoms with E-state index in [1.54, 1.807) is 0 Å². The van der Waals surface area contributed by atoms with E-state index in [-0.39, 0.29) is 18.9 Å². The second kappa shape index (κ2) is 7.09. The minimum atomic E-state index is -1.17. The largest absolute Gasteiger partial charge is 0.480 e. The molecule has 0 bridgehead atoms. The molecule has 0 spiro atoms. The third kappa shape index (κ3) is 4.09. The van der Waals surface area contributed by atoms with Crippen LogP contribution < -0.4 is 10.6 Å². The Hall–Kier alpha value is -1.83. The second-order valence-electron chi connectivity index (χ2n) is 4.86. The van der Waals surface area contributed by atoms with Crippen LogP contribution in [0.1, 0.15) is 26.7 Å². The highest BCUT2D eigenvalue weighted by Gasteiger charge is 2.39. The molecule has 1 saturated heterocycles. The highest BCUT2D eigenvalue weighted by atomic mass is 16.4. The maximum atomic E-state index is 12.0. The van der Waals surface area contributed by atoms with Crippen molar-refractivity contribution in [3.63, 3.8) is 0 Å². The minimum Gasteiger partial charge on any atom is -0.480 e. The van der Waals surface area contributed by atoms with Gasteiger partial charge in [0.2, 0.25) is 5.91 Å². The zero-order valence-corrected chi connectivity index (χ0v) is 11.6. The van der Waals surface area contributed by atoms with Crippen LogP contribution in [-0.4, -0.2) is 64.3 Å². The number of rotatable bonds is 5. The minimum absolute atomic E-state index is 0.000828. The fraction of sp³-hybridized carbons (Fsp3) is 0.750. The number of nitrogens with zero attached hydrogens (tertiary/aromatic N) is 1. The first-order valence-electron chi connectivity index (χ1n) is 6.62. The lowest BCUT2D eigenvalue weighted by Crippen LogP contribution is -2.52. The Labute approximate surface area is 117 Å².